The molecular weight excluding hydrogens is 530 g/mol. The first kappa shape index (κ1) is 27.8. The smallest absolute Gasteiger partial charge is 0.266 e. The molecule has 41 heavy (non-hydrogen) atoms. The predicted molar refractivity (Wildman–Crippen MR) is 145 cm³/mol. The SMILES string of the molecule is COc1cccc2nc(C(=O)CNC(=O)[C@@H]3CCCN4C(=O)CC[C@H](NC(=O)CCc5ccccc5)C(=O)N34)oc12. The second-order valence-electron chi connectivity index (χ2n) is 9.97. The number of hydrogen-bond donors (Lipinski definition) is 2. The van der Waals surface area contributed by atoms with Gasteiger partial charge in [0.2, 0.25) is 23.5 Å². The third-order valence-electron chi connectivity index (χ3n) is 7.24. The molecule has 2 N–H and O–H groups in total. The van der Waals surface area contributed by atoms with Crippen molar-refractivity contribution >= 4 is 40.5 Å². The topological polar surface area (TPSA) is 151 Å². The van der Waals surface area contributed by atoms with E-state index in [0.29, 0.717) is 36.1 Å². The number of aromatic nitrogens is 1. The molecule has 0 unspecified atom stereocenters. The van der Waals surface area contributed by atoms with Crippen LogP contribution in [-0.4, -0.2) is 76.7 Å². The van der Waals surface area contributed by atoms with Gasteiger partial charge < -0.3 is 19.8 Å². The van der Waals surface area contributed by atoms with E-state index >= 15 is 0 Å². The maximum absolute atomic E-state index is 13.6. The van der Waals surface area contributed by atoms with E-state index in [1.54, 1.807) is 18.2 Å². The van der Waals surface area contributed by atoms with Crippen molar-refractivity contribution in [2.75, 3.05) is 20.2 Å². The Kier molecular flexibility index (Phi) is 8.27. The molecule has 2 fully saturated rings. The van der Waals surface area contributed by atoms with Crippen molar-refractivity contribution in [2.45, 2.75) is 50.6 Å². The van der Waals surface area contributed by atoms with Gasteiger partial charge in [-0.3, -0.25) is 29.0 Å². The lowest BCUT2D eigenvalue weighted by Gasteiger charge is -2.42. The first-order valence-corrected chi connectivity index (χ1v) is 13.6. The highest BCUT2D eigenvalue weighted by molar-refractivity contribution is 6.00. The minimum atomic E-state index is -1.02. The molecule has 5 rings (SSSR count). The van der Waals surface area contributed by atoms with Crippen LogP contribution in [0.3, 0.4) is 0 Å². The highest BCUT2D eigenvalue weighted by Crippen LogP contribution is 2.27. The van der Waals surface area contributed by atoms with Crippen molar-refractivity contribution in [3.63, 3.8) is 0 Å². The van der Waals surface area contributed by atoms with E-state index in [9.17, 15) is 24.0 Å². The van der Waals surface area contributed by atoms with Crippen LogP contribution in [0.15, 0.2) is 52.9 Å². The first-order chi connectivity index (χ1) is 19.9. The van der Waals surface area contributed by atoms with Gasteiger partial charge in [-0.25, -0.2) is 9.99 Å². The van der Waals surface area contributed by atoms with E-state index in [-0.39, 0.29) is 43.5 Å². The number of ether oxygens (including phenoxy) is 1. The van der Waals surface area contributed by atoms with Crippen molar-refractivity contribution in [1.29, 1.82) is 0 Å². The molecule has 4 amide bonds. The van der Waals surface area contributed by atoms with E-state index in [2.05, 4.69) is 15.6 Å². The molecule has 2 atom stereocenters. The number of Topliss-reactive ketones (excluding diaryl/α,β-unsaturated/α-hetero) is 1. The van der Waals surface area contributed by atoms with E-state index in [1.165, 1.54) is 12.1 Å². The largest absolute Gasteiger partial charge is 0.493 e. The van der Waals surface area contributed by atoms with Gasteiger partial charge in [-0.05, 0) is 43.4 Å². The molecule has 0 saturated carbocycles. The van der Waals surface area contributed by atoms with Crippen molar-refractivity contribution < 1.29 is 33.1 Å². The zero-order chi connectivity index (χ0) is 28.9. The number of nitrogens with one attached hydrogen (secondary N) is 2. The molecule has 214 valence electrons. The number of carbonyl (C=O) groups excluding carboxylic acids is 5. The number of oxazole rings is 1. The van der Waals surface area contributed by atoms with Crippen LogP contribution in [0.2, 0.25) is 0 Å². The minimum Gasteiger partial charge on any atom is -0.493 e. The number of fused-ring (bicyclic) bond motifs is 2. The molecule has 12 nitrogen and oxygen atoms in total. The second-order valence-corrected chi connectivity index (χ2v) is 9.97. The number of ketones is 1. The summed E-state index contributed by atoms with van der Waals surface area (Å²) in [6, 6.07) is 12.6. The molecule has 3 aromatic rings. The lowest BCUT2D eigenvalue weighted by atomic mass is 10.1. The van der Waals surface area contributed by atoms with Gasteiger partial charge in [0.15, 0.2) is 11.3 Å². The number of hydrazine groups is 1. The second kappa shape index (κ2) is 12.2. The minimum absolute atomic E-state index is 0.0554. The molecule has 0 radical (unpaired) electrons. The zero-order valence-electron chi connectivity index (χ0n) is 22.6. The number of nitrogens with zero attached hydrogens (tertiary/aromatic N) is 3. The van der Waals surface area contributed by atoms with E-state index < -0.39 is 36.2 Å². The quantitative estimate of drug-likeness (QED) is 0.375. The molecular formula is C29H31N5O7. The summed E-state index contributed by atoms with van der Waals surface area (Å²) in [4.78, 5) is 69.4. The molecule has 2 aliphatic heterocycles. The molecule has 2 aliphatic rings. The van der Waals surface area contributed by atoms with Crippen molar-refractivity contribution in [3.05, 3.63) is 60.0 Å². The van der Waals surface area contributed by atoms with Gasteiger partial charge in [-0.1, -0.05) is 36.4 Å². The number of hydrogen-bond acceptors (Lipinski definition) is 8. The molecule has 2 aromatic carbocycles. The number of methoxy groups -OCH3 is 1. The lowest BCUT2D eigenvalue weighted by molar-refractivity contribution is -0.176. The average molecular weight is 562 g/mol. The predicted octanol–water partition coefficient (Wildman–Crippen LogP) is 1.78. The summed E-state index contributed by atoms with van der Waals surface area (Å²) in [5.41, 5.74) is 1.75. The van der Waals surface area contributed by atoms with Crippen LogP contribution in [0.1, 0.15) is 48.4 Å². The van der Waals surface area contributed by atoms with Crippen LogP contribution < -0.4 is 15.4 Å². The molecule has 0 spiro atoms. The van der Waals surface area contributed by atoms with Gasteiger partial charge in [0.1, 0.15) is 17.6 Å². The van der Waals surface area contributed by atoms with Crippen LogP contribution in [0.5, 0.6) is 5.75 Å². The summed E-state index contributed by atoms with van der Waals surface area (Å²) in [7, 11) is 1.47. The standard InChI is InChI=1S/C29H31N5O7/c1-40-23-11-5-9-19-26(23)41-28(32-19)22(35)17-30-27(38)21-10-6-16-33-25(37)15-13-20(29(39)34(21)33)31-24(36)14-12-18-7-3-2-4-8-18/h2-5,7-9,11,20-21H,6,10,12-17H2,1H3,(H,30,38)(H,31,36)/t20-,21-/m0/s1. The summed E-state index contributed by atoms with van der Waals surface area (Å²) in [5.74, 6) is -2.05. The molecule has 2 saturated heterocycles. The van der Waals surface area contributed by atoms with Crippen LogP contribution in [0.25, 0.3) is 11.1 Å². The maximum Gasteiger partial charge on any atom is 0.266 e. The highest BCUT2D eigenvalue weighted by atomic mass is 16.5. The third-order valence-corrected chi connectivity index (χ3v) is 7.24. The fraction of sp³-hybridized carbons (Fsp3) is 0.379. The Morgan fingerprint density at radius 2 is 1.88 bits per heavy atom. The number of benzene rings is 2. The Hall–Kier alpha value is -4.74. The monoisotopic (exact) mass is 561 g/mol. The fourth-order valence-corrected chi connectivity index (χ4v) is 5.14. The summed E-state index contributed by atoms with van der Waals surface area (Å²) in [5, 5.41) is 7.78. The van der Waals surface area contributed by atoms with E-state index in [4.69, 9.17) is 9.15 Å². The lowest BCUT2D eigenvalue weighted by Crippen LogP contribution is -2.63. The number of para-hydroxylation sites is 1. The van der Waals surface area contributed by atoms with Gasteiger partial charge in [-0.15, -0.1) is 0 Å². The van der Waals surface area contributed by atoms with Gasteiger partial charge in [0.25, 0.3) is 11.8 Å². The Morgan fingerprint density at radius 3 is 2.66 bits per heavy atom. The van der Waals surface area contributed by atoms with E-state index in [0.717, 1.165) is 10.6 Å². The molecule has 12 heteroatoms. The Bertz CT molecular complexity index is 1470. The summed E-state index contributed by atoms with van der Waals surface area (Å²) >= 11 is 0. The highest BCUT2D eigenvalue weighted by Gasteiger charge is 2.44. The van der Waals surface area contributed by atoms with Crippen LogP contribution in [0, 0.1) is 0 Å². The summed E-state index contributed by atoms with van der Waals surface area (Å²) in [6.45, 7) is -0.132. The number of amides is 4. The molecule has 3 heterocycles. The molecule has 0 aliphatic carbocycles. The van der Waals surface area contributed by atoms with Gasteiger partial charge in [-0.2, -0.15) is 0 Å². The molecule has 0 bridgehead atoms. The Labute approximate surface area is 236 Å². The summed E-state index contributed by atoms with van der Waals surface area (Å²) < 4.78 is 10.8. The molecule has 1 aromatic heterocycles. The van der Waals surface area contributed by atoms with Crippen LogP contribution >= 0.6 is 0 Å². The first-order valence-electron chi connectivity index (χ1n) is 13.6. The average Bonchev–Trinajstić information content (AvgIpc) is 3.40. The fourth-order valence-electron chi connectivity index (χ4n) is 5.14. The summed E-state index contributed by atoms with van der Waals surface area (Å²) in [6.07, 6.45) is 1.67. The number of carbonyl (C=O) groups is 5. The van der Waals surface area contributed by atoms with Crippen molar-refractivity contribution in [3.8, 4) is 5.75 Å². The van der Waals surface area contributed by atoms with Crippen LogP contribution in [-0.2, 0) is 25.6 Å². The Morgan fingerprint density at radius 1 is 1.07 bits per heavy atom. The maximum atomic E-state index is 13.6. The normalized spacial score (nSPS) is 19.0. The van der Waals surface area contributed by atoms with Crippen molar-refractivity contribution in [1.82, 2.24) is 25.6 Å². The van der Waals surface area contributed by atoms with Gasteiger partial charge in [0, 0.05) is 19.4 Å². The number of aryl methyl sites for hydroxylation is 1. The third kappa shape index (κ3) is 6.06. The zero-order valence-corrected chi connectivity index (χ0v) is 22.6. The van der Waals surface area contributed by atoms with Gasteiger partial charge in [0.05, 0.1) is 13.7 Å². The number of rotatable bonds is 9. The Balaban J connectivity index is 1.24. The van der Waals surface area contributed by atoms with Crippen LogP contribution in [0.4, 0.5) is 0 Å². The van der Waals surface area contributed by atoms with Crippen molar-refractivity contribution in [2.24, 2.45) is 0 Å². The van der Waals surface area contributed by atoms with E-state index in [1.807, 2.05) is 30.3 Å². The van der Waals surface area contributed by atoms with Gasteiger partial charge >= 0.3 is 0 Å².